The average molecular weight is 212 g/mol. The summed E-state index contributed by atoms with van der Waals surface area (Å²) in [6.45, 7) is 0. The maximum absolute atomic E-state index is 12.2. The predicted molar refractivity (Wildman–Crippen MR) is 51.9 cm³/mol. The first-order chi connectivity index (χ1) is 7.82. The molecule has 0 N–H and O–H groups in total. The van der Waals surface area contributed by atoms with Crippen molar-refractivity contribution in [3.8, 4) is 0 Å². The maximum atomic E-state index is 12.2. The molecule has 0 atom stereocenters. The Morgan fingerprint density at radius 1 is 0.438 bits per heavy atom. The molecule has 9 fully saturated rings. The van der Waals surface area contributed by atoms with Gasteiger partial charge in [0, 0.05) is 23.7 Å². The zero-order valence-electron chi connectivity index (χ0n) is 8.74. The normalized spacial score (nSPS) is 85.8. The van der Waals surface area contributed by atoms with Gasteiger partial charge in [0.2, 0.25) is 0 Å². The smallest absolute Gasteiger partial charge is 0.140 e. The standard InChI is InChI=1S/C14H12O2/c15-13-9-1-2(9)6-8-4-3-7(5(1)11(6)13)12(8)14(16)10(3)4/h1-12H. The van der Waals surface area contributed by atoms with Crippen LogP contribution < -0.4 is 0 Å². The highest BCUT2D eigenvalue weighted by Crippen LogP contribution is 2.91. The van der Waals surface area contributed by atoms with Crippen molar-refractivity contribution in [2.45, 2.75) is 0 Å². The number of Topliss-reactive ketones (excluding diaryl/α,β-unsaturated/α-hetero) is 2. The zero-order valence-corrected chi connectivity index (χ0v) is 8.74. The van der Waals surface area contributed by atoms with Crippen LogP contribution in [0.1, 0.15) is 0 Å². The van der Waals surface area contributed by atoms with Crippen molar-refractivity contribution in [1.29, 1.82) is 0 Å². The Morgan fingerprint density at radius 3 is 0.750 bits per heavy atom. The molecular weight excluding hydrogens is 200 g/mol. The Balaban J connectivity index is 1.58. The predicted octanol–water partition coefficient (Wildman–Crippen LogP) is 0.614. The third-order valence-electron chi connectivity index (χ3n) is 7.91. The van der Waals surface area contributed by atoms with E-state index >= 15 is 0 Å². The molecule has 0 radical (unpaired) electrons. The Kier molecular flexibility index (Phi) is 0.646. The summed E-state index contributed by atoms with van der Waals surface area (Å²) >= 11 is 0. The molecule has 0 amide bonds. The van der Waals surface area contributed by atoms with Crippen LogP contribution in [0.25, 0.3) is 0 Å². The van der Waals surface area contributed by atoms with Crippen molar-refractivity contribution >= 4 is 11.6 Å². The number of rotatable bonds is 0. The van der Waals surface area contributed by atoms with Gasteiger partial charge in [-0.05, 0) is 47.3 Å². The van der Waals surface area contributed by atoms with Crippen LogP contribution in [0.15, 0.2) is 0 Å². The van der Waals surface area contributed by atoms with Crippen molar-refractivity contribution < 1.29 is 9.59 Å². The molecule has 0 aromatic carbocycles. The second kappa shape index (κ2) is 1.49. The summed E-state index contributed by atoms with van der Waals surface area (Å²) < 4.78 is 0. The molecule has 9 aliphatic rings. The molecule has 2 nitrogen and oxygen atoms in total. The minimum absolute atomic E-state index is 0.450. The summed E-state index contributed by atoms with van der Waals surface area (Å²) in [6.07, 6.45) is 0. The number of carbonyl (C=O) groups excluding carboxylic acids is 2. The molecular formula is C14H12O2. The van der Waals surface area contributed by atoms with Crippen molar-refractivity contribution in [3.05, 3.63) is 0 Å². The third kappa shape index (κ3) is 0.358. The van der Waals surface area contributed by atoms with Crippen LogP contribution in [0.2, 0.25) is 0 Å². The van der Waals surface area contributed by atoms with Crippen LogP contribution in [-0.2, 0) is 9.59 Å². The van der Waals surface area contributed by atoms with E-state index in [1.54, 1.807) is 0 Å². The molecule has 12 bridgehead atoms. The van der Waals surface area contributed by atoms with E-state index in [1.165, 1.54) is 0 Å². The summed E-state index contributed by atoms with van der Waals surface area (Å²) in [4.78, 5) is 24.3. The minimum atomic E-state index is 0.450. The van der Waals surface area contributed by atoms with Gasteiger partial charge in [0.05, 0.1) is 0 Å². The van der Waals surface area contributed by atoms with Gasteiger partial charge in [-0.25, -0.2) is 0 Å². The van der Waals surface area contributed by atoms with Crippen molar-refractivity contribution in [3.63, 3.8) is 0 Å². The van der Waals surface area contributed by atoms with E-state index in [-0.39, 0.29) is 0 Å². The fourth-order valence-electron chi connectivity index (χ4n) is 8.12. The lowest BCUT2D eigenvalue weighted by Crippen LogP contribution is -2.38. The number of hydrogen-bond acceptors (Lipinski definition) is 2. The van der Waals surface area contributed by atoms with Gasteiger partial charge in [0.1, 0.15) is 11.6 Å². The van der Waals surface area contributed by atoms with Crippen molar-refractivity contribution in [2.24, 2.45) is 71.0 Å². The van der Waals surface area contributed by atoms with Crippen LogP contribution in [-0.4, -0.2) is 11.6 Å². The fraction of sp³-hybridized carbons (Fsp3) is 0.857. The number of hydrogen-bond donors (Lipinski definition) is 0. The van der Waals surface area contributed by atoms with Gasteiger partial charge in [0.15, 0.2) is 0 Å². The third-order valence-corrected chi connectivity index (χ3v) is 7.91. The van der Waals surface area contributed by atoms with Crippen LogP contribution in [0.5, 0.6) is 0 Å². The Morgan fingerprint density at radius 2 is 0.625 bits per heavy atom. The lowest BCUT2D eigenvalue weighted by Gasteiger charge is -2.36. The maximum Gasteiger partial charge on any atom is 0.140 e. The van der Waals surface area contributed by atoms with Crippen LogP contribution in [0.3, 0.4) is 0 Å². The number of carbonyl (C=O) groups is 2. The lowest BCUT2D eigenvalue weighted by molar-refractivity contribution is -0.127. The van der Waals surface area contributed by atoms with Crippen LogP contribution in [0.4, 0.5) is 0 Å². The molecule has 0 heterocycles. The largest absolute Gasteiger partial charge is 0.299 e. The van der Waals surface area contributed by atoms with E-state index in [9.17, 15) is 9.59 Å². The first kappa shape index (κ1) is 6.93. The molecule has 9 saturated carbocycles. The molecule has 9 aliphatic carbocycles. The molecule has 0 spiro atoms. The molecule has 9 rings (SSSR count). The minimum Gasteiger partial charge on any atom is -0.299 e. The van der Waals surface area contributed by atoms with E-state index in [0.717, 1.165) is 23.7 Å². The van der Waals surface area contributed by atoms with Gasteiger partial charge in [-0.1, -0.05) is 0 Å². The molecule has 80 valence electrons. The van der Waals surface area contributed by atoms with Crippen molar-refractivity contribution in [2.75, 3.05) is 0 Å². The van der Waals surface area contributed by atoms with Gasteiger partial charge < -0.3 is 0 Å². The van der Waals surface area contributed by atoms with Gasteiger partial charge >= 0.3 is 0 Å². The van der Waals surface area contributed by atoms with Gasteiger partial charge in [-0.2, -0.15) is 0 Å². The van der Waals surface area contributed by atoms with E-state index < -0.39 is 0 Å². The second-order valence-corrected chi connectivity index (χ2v) is 7.53. The molecule has 0 aliphatic heterocycles. The molecule has 16 heavy (non-hydrogen) atoms. The highest BCUT2D eigenvalue weighted by atomic mass is 16.1. The first-order valence-electron chi connectivity index (χ1n) is 6.90. The number of ketones is 2. The van der Waals surface area contributed by atoms with E-state index in [0.29, 0.717) is 58.9 Å². The Labute approximate surface area is 92.8 Å². The SMILES string of the molecule is O=C1C2C3C2C2C1C3C1C3C(=O)C4C1C4C32. The topological polar surface area (TPSA) is 34.1 Å². The first-order valence-corrected chi connectivity index (χ1v) is 6.90. The van der Waals surface area contributed by atoms with Gasteiger partial charge in [-0.15, -0.1) is 0 Å². The molecule has 2 heteroatoms. The lowest BCUT2D eigenvalue weighted by atomic mass is 9.66. The molecule has 0 saturated heterocycles. The van der Waals surface area contributed by atoms with Crippen molar-refractivity contribution in [1.82, 2.24) is 0 Å². The summed E-state index contributed by atoms with van der Waals surface area (Å²) in [6, 6.07) is 0. The fourth-order valence-corrected chi connectivity index (χ4v) is 8.12. The monoisotopic (exact) mass is 212 g/mol. The zero-order chi connectivity index (χ0) is 10.1. The summed E-state index contributed by atoms with van der Waals surface area (Å²) in [5.41, 5.74) is 0. The molecule has 0 aromatic heterocycles. The highest BCUT2D eigenvalue weighted by molar-refractivity contribution is 5.99. The van der Waals surface area contributed by atoms with Crippen LogP contribution in [0, 0.1) is 71.0 Å². The Bertz CT molecular complexity index is 457. The summed E-state index contributed by atoms with van der Waals surface area (Å²) in [5.74, 6) is 9.01. The Hall–Kier alpha value is -0.660. The van der Waals surface area contributed by atoms with E-state index in [4.69, 9.17) is 0 Å². The quantitative estimate of drug-likeness (QED) is 0.589. The highest BCUT2D eigenvalue weighted by Gasteiger charge is 2.93. The average Bonchev–Trinajstić information content (AvgIpc) is 2.87. The van der Waals surface area contributed by atoms with Gasteiger partial charge in [-0.3, -0.25) is 9.59 Å². The van der Waals surface area contributed by atoms with E-state index in [2.05, 4.69) is 0 Å². The molecule has 0 unspecified atom stereocenters. The van der Waals surface area contributed by atoms with Crippen LogP contribution >= 0.6 is 0 Å². The molecule has 0 aromatic rings. The summed E-state index contributed by atoms with van der Waals surface area (Å²) in [7, 11) is 0. The second-order valence-electron chi connectivity index (χ2n) is 7.53. The summed E-state index contributed by atoms with van der Waals surface area (Å²) in [5, 5.41) is 0. The van der Waals surface area contributed by atoms with E-state index in [1.807, 2.05) is 0 Å². The van der Waals surface area contributed by atoms with Gasteiger partial charge in [0.25, 0.3) is 0 Å².